The van der Waals surface area contributed by atoms with Gasteiger partial charge >= 0.3 is 0 Å². The summed E-state index contributed by atoms with van der Waals surface area (Å²) in [6.07, 6.45) is 4.21. The van der Waals surface area contributed by atoms with Crippen molar-refractivity contribution in [1.29, 1.82) is 0 Å². The molecule has 0 aliphatic heterocycles. The number of nitrogens with one attached hydrogen (secondary N) is 2. The Morgan fingerprint density at radius 3 is 2.80 bits per heavy atom. The maximum Gasteiger partial charge on any atom is 0.277 e. The summed E-state index contributed by atoms with van der Waals surface area (Å²) >= 11 is 0. The van der Waals surface area contributed by atoms with Gasteiger partial charge in [-0.3, -0.25) is 14.6 Å². The molecule has 1 unspecified atom stereocenters. The SMILES string of the molecule is Cc1cc(C(=O)Nc2[nH]ncc2-c2ccccc2)nn1C(C)C1CC1. The highest BCUT2D eigenvalue weighted by atomic mass is 16.2. The highest BCUT2D eigenvalue weighted by molar-refractivity contribution is 6.04. The molecule has 1 aliphatic rings. The van der Waals surface area contributed by atoms with Crippen molar-refractivity contribution in [3.05, 3.63) is 54.0 Å². The van der Waals surface area contributed by atoms with Crippen LogP contribution in [-0.4, -0.2) is 25.9 Å². The molecular formula is C19H21N5O. The van der Waals surface area contributed by atoms with Gasteiger partial charge in [0, 0.05) is 11.3 Å². The molecule has 0 spiro atoms. The first-order chi connectivity index (χ1) is 12.1. The van der Waals surface area contributed by atoms with Crippen LogP contribution in [0.1, 0.15) is 42.0 Å². The summed E-state index contributed by atoms with van der Waals surface area (Å²) in [5.74, 6) is 1.04. The fraction of sp³-hybridized carbons (Fsp3) is 0.316. The molecule has 1 atom stereocenters. The van der Waals surface area contributed by atoms with E-state index in [-0.39, 0.29) is 5.91 Å². The number of carbonyl (C=O) groups is 1. The van der Waals surface area contributed by atoms with Gasteiger partial charge in [-0.15, -0.1) is 0 Å². The lowest BCUT2D eigenvalue weighted by molar-refractivity contribution is 0.102. The first kappa shape index (κ1) is 15.6. The number of anilines is 1. The fourth-order valence-electron chi connectivity index (χ4n) is 3.18. The number of hydrogen-bond donors (Lipinski definition) is 2. The Labute approximate surface area is 146 Å². The summed E-state index contributed by atoms with van der Waals surface area (Å²) in [5.41, 5.74) is 3.29. The van der Waals surface area contributed by atoms with Crippen molar-refractivity contribution >= 4 is 11.7 Å². The molecule has 0 bridgehead atoms. The molecule has 3 aromatic rings. The zero-order valence-electron chi connectivity index (χ0n) is 14.4. The average molecular weight is 335 g/mol. The van der Waals surface area contributed by atoms with E-state index >= 15 is 0 Å². The van der Waals surface area contributed by atoms with Crippen molar-refractivity contribution in [2.75, 3.05) is 5.32 Å². The van der Waals surface area contributed by atoms with E-state index in [1.165, 1.54) is 12.8 Å². The van der Waals surface area contributed by atoms with Crippen molar-refractivity contribution in [2.24, 2.45) is 5.92 Å². The molecule has 2 heterocycles. The summed E-state index contributed by atoms with van der Waals surface area (Å²) in [4.78, 5) is 12.6. The summed E-state index contributed by atoms with van der Waals surface area (Å²) < 4.78 is 1.97. The molecule has 2 aromatic heterocycles. The van der Waals surface area contributed by atoms with Crippen LogP contribution in [0.4, 0.5) is 5.82 Å². The highest BCUT2D eigenvalue weighted by Gasteiger charge is 2.31. The largest absolute Gasteiger partial charge is 0.305 e. The molecular weight excluding hydrogens is 314 g/mol. The van der Waals surface area contributed by atoms with Gasteiger partial charge < -0.3 is 5.32 Å². The lowest BCUT2D eigenvalue weighted by Gasteiger charge is -2.12. The first-order valence-electron chi connectivity index (χ1n) is 8.60. The van der Waals surface area contributed by atoms with E-state index in [9.17, 15) is 4.79 Å². The number of H-pyrrole nitrogens is 1. The van der Waals surface area contributed by atoms with E-state index in [0.29, 0.717) is 23.5 Å². The predicted molar refractivity (Wildman–Crippen MR) is 96.4 cm³/mol. The second kappa shape index (κ2) is 6.20. The van der Waals surface area contributed by atoms with E-state index < -0.39 is 0 Å². The highest BCUT2D eigenvalue weighted by Crippen LogP contribution is 2.39. The number of aromatic nitrogens is 4. The zero-order chi connectivity index (χ0) is 17.4. The maximum absolute atomic E-state index is 12.6. The number of carbonyl (C=O) groups excluding carboxylic acids is 1. The minimum Gasteiger partial charge on any atom is -0.305 e. The third-order valence-electron chi connectivity index (χ3n) is 4.81. The Morgan fingerprint density at radius 1 is 1.32 bits per heavy atom. The van der Waals surface area contributed by atoms with Crippen LogP contribution in [0.2, 0.25) is 0 Å². The standard InChI is InChI=1S/C19H21N5O/c1-12-10-17(23-24(12)13(2)14-8-9-14)19(25)21-18-16(11-20-22-18)15-6-4-3-5-7-15/h3-7,10-11,13-14H,8-9H2,1-2H3,(H2,20,21,22,25). The summed E-state index contributed by atoms with van der Waals surface area (Å²) in [6.45, 7) is 4.16. The molecule has 0 radical (unpaired) electrons. The third kappa shape index (κ3) is 3.07. The van der Waals surface area contributed by atoms with Gasteiger partial charge in [-0.1, -0.05) is 30.3 Å². The average Bonchev–Trinajstić information content (AvgIpc) is 3.25. The van der Waals surface area contributed by atoms with Crippen molar-refractivity contribution in [3.8, 4) is 11.1 Å². The van der Waals surface area contributed by atoms with Crippen LogP contribution in [0, 0.1) is 12.8 Å². The number of nitrogens with zero attached hydrogens (tertiary/aromatic N) is 3. The summed E-state index contributed by atoms with van der Waals surface area (Å²) in [5, 5.41) is 14.3. The smallest absolute Gasteiger partial charge is 0.277 e. The lowest BCUT2D eigenvalue weighted by Crippen LogP contribution is -2.16. The number of amides is 1. The van der Waals surface area contributed by atoms with E-state index in [2.05, 4.69) is 27.5 Å². The number of hydrogen-bond acceptors (Lipinski definition) is 3. The van der Waals surface area contributed by atoms with Gasteiger partial charge in [-0.25, -0.2) is 0 Å². The molecule has 4 rings (SSSR count). The van der Waals surface area contributed by atoms with Gasteiger partial charge in [0.1, 0.15) is 5.82 Å². The Kier molecular flexibility index (Phi) is 3.87. The topological polar surface area (TPSA) is 75.6 Å². The van der Waals surface area contributed by atoms with Crippen LogP contribution in [0.15, 0.2) is 42.6 Å². The molecule has 1 fully saturated rings. The van der Waals surface area contributed by atoms with Gasteiger partial charge in [0.15, 0.2) is 5.69 Å². The van der Waals surface area contributed by atoms with E-state index in [4.69, 9.17) is 0 Å². The molecule has 1 saturated carbocycles. The van der Waals surface area contributed by atoms with Crippen LogP contribution in [-0.2, 0) is 0 Å². The van der Waals surface area contributed by atoms with Gasteiger partial charge in [0.05, 0.1) is 12.2 Å². The Balaban J connectivity index is 1.55. The predicted octanol–water partition coefficient (Wildman–Crippen LogP) is 3.80. The second-order valence-electron chi connectivity index (χ2n) is 6.67. The molecule has 6 nitrogen and oxygen atoms in total. The van der Waals surface area contributed by atoms with Crippen LogP contribution < -0.4 is 5.32 Å². The molecule has 6 heteroatoms. The van der Waals surface area contributed by atoms with Crippen LogP contribution in [0.3, 0.4) is 0 Å². The Bertz CT molecular complexity index is 892. The first-order valence-corrected chi connectivity index (χ1v) is 8.60. The number of benzene rings is 1. The fourth-order valence-corrected chi connectivity index (χ4v) is 3.18. The number of aryl methyl sites for hydroxylation is 1. The van der Waals surface area contributed by atoms with Crippen LogP contribution in [0.25, 0.3) is 11.1 Å². The number of aromatic amines is 1. The van der Waals surface area contributed by atoms with Gasteiger partial charge in [-0.05, 0) is 44.2 Å². The van der Waals surface area contributed by atoms with E-state index in [1.807, 2.05) is 48.0 Å². The van der Waals surface area contributed by atoms with Gasteiger partial charge in [0.25, 0.3) is 5.91 Å². The van der Waals surface area contributed by atoms with Crippen molar-refractivity contribution in [1.82, 2.24) is 20.0 Å². The Morgan fingerprint density at radius 2 is 2.08 bits per heavy atom. The Hall–Kier alpha value is -2.89. The maximum atomic E-state index is 12.6. The second-order valence-corrected chi connectivity index (χ2v) is 6.67. The van der Waals surface area contributed by atoms with Gasteiger partial charge in [-0.2, -0.15) is 10.2 Å². The number of rotatable bonds is 5. The van der Waals surface area contributed by atoms with Crippen molar-refractivity contribution in [3.63, 3.8) is 0 Å². The lowest BCUT2D eigenvalue weighted by atomic mass is 10.1. The van der Waals surface area contributed by atoms with Gasteiger partial charge in [0.2, 0.25) is 0 Å². The summed E-state index contributed by atoms with van der Waals surface area (Å²) in [7, 11) is 0. The monoisotopic (exact) mass is 335 g/mol. The minimum absolute atomic E-state index is 0.230. The summed E-state index contributed by atoms with van der Waals surface area (Å²) in [6, 6.07) is 12.0. The third-order valence-corrected chi connectivity index (χ3v) is 4.81. The molecule has 1 amide bonds. The zero-order valence-corrected chi connectivity index (χ0v) is 14.4. The molecule has 1 aliphatic carbocycles. The van der Waals surface area contributed by atoms with Crippen molar-refractivity contribution < 1.29 is 4.79 Å². The normalized spacial score (nSPS) is 15.1. The van der Waals surface area contributed by atoms with Crippen molar-refractivity contribution in [2.45, 2.75) is 32.7 Å². The molecule has 2 N–H and O–H groups in total. The minimum atomic E-state index is -0.230. The molecule has 1 aromatic carbocycles. The molecule has 0 saturated heterocycles. The molecule has 25 heavy (non-hydrogen) atoms. The van der Waals surface area contributed by atoms with E-state index in [0.717, 1.165) is 16.8 Å². The van der Waals surface area contributed by atoms with Crippen LogP contribution in [0.5, 0.6) is 0 Å². The van der Waals surface area contributed by atoms with E-state index in [1.54, 1.807) is 6.20 Å². The quantitative estimate of drug-likeness (QED) is 0.744. The molecule has 128 valence electrons. The van der Waals surface area contributed by atoms with Crippen LogP contribution >= 0.6 is 0 Å².